The van der Waals surface area contributed by atoms with Gasteiger partial charge in [0.25, 0.3) is 0 Å². The number of halogens is 1. The van der Waals surface area contributed by atoms with Gasteiger partial charge in [-0.2, -0.15) is 4.98 Å². The van der Waals surface area contributed by atoms with Crippen LogP contribution in [0.2, 0.25) is 5.15 Å². The predicted molar refractivity (Wildman–Crippen MR) is 70.6 cm³/mol. The highest BCUT2D eigenvalue weighted by molar-refractivity contribution is 6.29. The zero-order chi connectivity index (χ0) is 12.9. The van der Waals surface area contributed by atoms with E-state index in [4.69, 9.17) is 16.3 Å². The largest absolute Gasteiger partial charge is 0.478 e. The van der Waals surface area contributed by atoms with Crippen LogP contribution in [0, 0.1) is 5.41 Å². The molecule has 1 heterocycles. The summed E-state index contributed by atoms with van der Waals surface area (Å²) < 4.78 is 5.61. The van der Waals surface area contributed by atoms with Crippen molar-refractivity contribution < 1.29 is 4.74 Å². The maximum atomic E-state index is 5.92. The number of hydrogen-bond donors (Lipinski definition) is 0. The minimum atomic E-state index is 0.267. The Balaban J connectivity index is 2.58. The molecule has 4 heteroatoms. The van der Waals surface area contributed by atoms with Crippen molar-refractivity contribution in [2.75, 3.05) is 6.61 Å². The third-order valence-corrected chi connectivity index (χ3v) is 2.49. The van der Waals surface area contributed by atoms with E-state index in [1.54, 1.807) is 6.07 Å². The van der Waals surface area contributed by atoms with Crippen LogP contribution in [0.1, 0.15) is 46.4 Å². The van der Waals surface area contributed by atoms with Crippen LogP contribution in [0.3, 0.4) is 0 Å². The highest BCUT2D eigenvalue weighted by Crippen LogP contribution is 2.20. The van der Waals surface area contributed by atoms with Crippen molar-refractivity contribution in [2.45, 2.75) is 47.0 Å². The van der Waals surface area contributed by atoms with Crippen LogP contribution >= 0.6 is 11.6 Å². The number of hydrogen-bond acceptors (Lipinski definition) is 3. The molecule has 0 unspecified atom stereocenters. The molecular formula is C13H21ClN2O. The summed E-state index contributed by atoms with van der Waals surface area (Å²) in [5, 5.41) is 0.453. The second kappa shape index (κ2) is 6.20. The lowest BCUT2D eigenvalue weighted by Crippen LogP contribution is -2.12. The molecule has 0 bridgehead atoms. The molecule has 0 N–H and O–H groups in total. The molecule has 3 nitrogen and oxygen atoms in total. The fourth-order valence-electron chi connectivity index (χ4n) is 1.31. The quantitative estimate of drug-likeness (QED) is 0.750. The van der Waals surface area contributed by atoms with Crippen LogP contribution in [0.5, 0.6) is 5.88 Å². The van der Waals surface area contributed by atoms with Gasteiger partial charge in [-0.05, 0) is 18.3 Å². The summed E-state index contributed by atoms with van der Waals surface area (Å²) in [5.74, 6) is 1.34. The zero-order valence-corrected chi connectivity index (χ0v) is 11.8. The summed E-state index contributed by atoms with van der Waals surface area (Å²) in [6.07, 6.45) is 2.82. The van der Waals surface area contributed by atoms with Crippen molar-refractivity contribution in [3.05, 3.63) is 17.0 Å². The summed E-state index contributed by atoms with van der Waals surface area (Å²) in [6.45, 7) is 9.30. The molecule has 0 aliphatic rings. The Bertz CT molecular complexity index is 361. The van der Waals surface area contributed by atoms with Crippen molar-refractivity contribution in [1.82, 2.24) is 9.97 Å². The summed E-state index contributed by atoms with van der Waals surface area (Å²) in [6, 6.07) is 1.67. The van der Waals surface area contributed by atoms with E-state index in [0.717, 1.165) is 25.1 Å². The first kappa shape index (κ1) is 14.2. The van der Waals surface area contributed by atoms with Crippen LogP contribution in [-0.2, 0) is 6.42 Å². The lowest BCUT2D eigenvalue weighted by atomic mass is 9.93. The van der Waals surface area contributed by atoms with E-state index in [2.05, 4.69) is 37.7 Å². The van der Waals surface area contributed by atoms with Crippen LogP contribution in [-0.4, -0.2) is 16.6 Å². The van der Waals surface area contributed by atoms with E-state index < -0.39 is 0 Å². The Hall–Kier alpha value is -0.830. The summed E-state index contributed by atoms with van der Waals surface area (Å²) >= 11 is 5.92. The molecule has 0 aromatic carbocycles. The first-order valence-electron chi connectivity index (χ1n) is 6.07. The van der Waals surface area contributed by atoms with Gasteiger partial charge in [-0.15, -0.1) is 0 Å². The molecule has 0 saturated heterocycles. The van der Waals surface area contributed by atoms with Crippen molar-refractivity contribution in [2.24, 2.45) is 5.41 Å². The normalized spacial score (nSPS) is 11.6. The Kier molecular flexibility index (Phi) is 5.19. The molecule has 1 aromatic heterocycles. The average Bonchev–Trinajstić information content (AvgIpc) is 2.15. The summed E-state index contributed by atoms with van der Waals surface area (Å²) in [5.41, 5.74) is 0.267. The molecule has 0 saturated carbocycles. The van der Waals surface area contributed by atoms with Gasteiger partial charge < -0.3 is 4.74 Å². The highest BCUT2D eigenvalue weighted by atomic mass is 35.5. The maximum absolute atomic E-state index is 5.92. The fourth-order valence-corrected chi connectivity index (χ4v) is 1.50. The molecule has 0 spiro atoms. The SMILES string of the molecule is CCCc1nc(Cl)cc(OCCC(C)(C)C)n1. The summed E-state index contributed by atoms with van der Waals surface area (Å²) in [7, 11) is 0. The van der Waals surface area contributed by atoms with Crippen molar-refractivity contribution in [3.8, 4) is 5.88 Å². The molecule has 0 aliphatic heterocycles. The van der Waals surface area contributed by atoms with Gasteiger partial charge in [-0.3, -0.25) is 0 Å². The minimum absolute atomic E-state index is 0.267. The molecule has 96 valence electrons. The third-order valence-electron chi connectivity index (χ3n) is 2.29. The number of aromatic nitrogens is 2. The molecule has 1 aromatic rings. The lowest BCUT2D eigenvalue weighted by Gasteiger charge is -2.17. The van der Waals surface area contributed by atoms with Gasteiger partial charge in [0.05, 0.1) is 6.61 Å². The van der Waals surface area contributed by atoms with Crippen molar-refractivity contribution in [1.29, 1.82) is 0 Å². The van der Waals surface area contributed by atoms with Crippen molar-refractivity contribution in [3.63, 3.8) is 0 Å². The highest BCUT2D eigenvalue weighted by Gasteiger charge is 2.11. The molecule has 0 radical (unpaired) electrons. The van der Waals surface area contributed by atoms with Gasteiger partial charge in [0.15, 0.2) is 0 Å². The van der Waals surface area contributed by atoms with E-state index in [1.807, 2.05) is 0 Å². The van der Waals surface area contributed by atoms with Gasteiger partial charge in [0.2, 0.25) is 5.88 Å². The van der Waals surface area contributed by atoms with Gasteiger partial charge in [0.1, 0.15) is 11.0 Å². The summed E-state index contributed by atoms with van der Waals surface area (Å²) in [4.78, 5) is 8.48. The van der Waals surface area contributed by atoms with E-state index in [9.17, 15) is 0 Å². The number of ether oxygens (including phenoxy) is 1. The molecule has 1 rings (SSSR count). The van der Waals surface area contributed by atoms with E-state index in [1.165, 1.54) is 0 Å². The van der Waals surface area contributed by atoms with Crippen molar-refractivity contribution >= 4 is 11.6 Å². The number of aryl methyl sites for hydroxylation is 1. The van der Waals surface area contributed by atoms with Crippen LogP contribution in [0.15, 0.2) is 6.07 Å². The maximum Gasteiger partial charge on any atom is 0.218 e. The number of rotatable bonds is 5. The molecule has 0 aliphatic carbocycles. The Morgan fingerprint density at radius 2 is 2.00 bits per heavy atom. The van der Waals surface area contributed by atoms with Crippen LogP contribution in [0.25, 0.3) is 0 Å². The van der Waals surface area contributed by atoms with Gasteiger partial charge in [0, 0.05) is 12.5 Å². The number of nitrogens with zero attached hydrogens (tertiary/aromatic N) is 2. The first-order valence-corrected chi connectivity index (χ1v) is 6.45. The monoisotopic (exact) mass is 256 g/mol. The average molecular weight is 257 g/mol. The second-order valence-electron chi connectivity index (χ2n) is 5.35. The Morgan fingerprint density at radius 1 is 1.29 bits per heavy atom. The topological polar surface area (TPSA) is 35.0 Å². The molecule has 0 fully saturated rings. The predicted octanol–water partition coefficient (Wildman–Crippen LogP) is 3.90. The minimum Gasteiger partial charge on any atom is -0.478 e. The zero-order valence-electron chi connectivity index (χ0n) is 11.1. The van der Waals surface area contributed by atoms with E-state index in [0.29, 0.717) is 17.6 Å². The second-order valence-corrected chi connectivity index (χ2v) is 5.74. The smallest absolute Gasteiger partial charge is 0.218 e. The van der Waals surface area contributed by atoms with E-state index >= 15 is 0 Å². The molecule has 17 heavy (non-hydrogen) atoms. The molecule has 0 atom stereocenters. The van der Waals surface area contributed by atoms with E-state index in [-0.39, 0.29) is 5.41 Å². The first-order chi connectivity index (χ1) is 7.90. The molecule has 0 amide bonds. The standard InChI is InChI=1S/C13H21ClN2O/c1-5-6-11-15-10(14)9-12(16-11)17-8-7-13(2,3)4/h9H,5-8H2,1-4H3. The van der Waals surface area contributed by atoms with Gasteiger partial charge in [-0.25, -0.2) is 4.98 Å². The fraction of sp³-hybridized carbons (Fsp3) is 0.692. The van der Waals surface area contributed by atoms with Crippen LogP contribution < -0.4 is 4.74 Å². The van der Waals surface area contributed by atoms with Crippen LogP contribution in [0.4, 0.5) is 0 Å². The van der Waals surface area contributed by atoms with Gasteiger partial charge in [-0.1, -0.05) is 39.3 Å². The lowest BCUT2D eigenvalue weighted by molar-refractivity contribution is 0.235. The van der Waals surface area contributed by atoms with Gasteiger partial charge >= 0.3 is 0 Å². The Labute approximate surface area is 109 Å². The molecular weight excluding hydrogens is 236 g/mol. The third kappa shape index (κ3) is 5.87. The Morgan fingerprint density at radius 3 is 2.59 bits per heavy atom.